The van der Waals surface area contributed by atoms with E-state index in [2.05, 4.69) is 28.9 Å². The van der Waals surface area contributed by atoms with Crippen LogP contribution in [-0.2, 0) is 6.42 Å². The highest BCUT2D eigenvalue weighted by molar-refractivity contribution is 6.08. The molecule has 30 heavy (non-hydrogen) atoms. The van der Waals surface area contributed by atoms with Gasteiger partial charge >= 0.3 is 0 Å². The van der Waals surface area contributed by atoms with Gasteiger partial charge in [-0.2, -0.15) is 0 Å². The number of anilines is 2. The van der Waals surface area contributed by atoms with E-state index >= 15 is 0 Å². The summed E-state index contributed by atoms with van der Waals surface area (Å²) in [4.78, 5) is 32.9. The van der Waals surface area contributed by atoms with Crippen molar-refractivity contribution < 1.29 is 14.3 Å². The molecule has 1 aromatic carbocycles. The molecule has 1 fully saturated rings. The van der Waals surface area contributed by atoms with E-state index in [9.17, 15) is 9.59 Å². The summed E-state index contributed by atoms with van der Waals surface area (Å²) in [5.41, 5.74) is 4.55. The van der Waals surface area contributed by atoms with E-state index in [0.29, 0.717) is 24.6 Å². The lowest BCUT2D eigenvalue weighted by atomic mass is 9.89. The van der Waals surface area contributed by atoms with Crippen molar-refractivity contribution in [1.29, 1.82) is 0 Å². The maximum absolute atomic E-state index is 12.9. The fourth-order valence-electron chi connectivity index (χ4n) is 4.64. The molecule has 0 atom stereocenters. The lowest BCUT2D eigenvalue weighted by Gasteiger charge is -2.29. The summed E-state index contributed by atoms with van der Waals surface area (Å²) in [5, 5.41) is 0. The third-order valence-corrected chi connectivity index (χ3v) is 6.36. The van der Waals surface area contributed by atoms with E-state index in [1.165, 1.54) is 12.0 Å². The Morgan fingerprint density at radius 3 is 2.77 bits per heavy atom. The Balaban J connectivity index is 1.45. The monoisotopic (exact) mass is 405 g/mol. The normalized spacial score (nSPS) is 18.4. The zero-order valence-electron chi connectivity index (χ0n) is 17.4. The summed E-state index contributed by atoms with van der Waals surface area (Å²) in [5.74, 6) is 1.59. The second-order valence-corrected chi connectivity index (χ2v) is 8.29. The van der Waals surface area contributed by atoms with E-state index in [-0.39, 0.29) is 11.7 Å². The van der Waals surface area contributed by atoms with Gasteiger partial charge in [0.15, 0.2) is 17.4 Å². The number of hydrogen-bond donors (Lipinski definition) is 1. The molecule has 1 amide bonds. The standard InChI is InChI=1S/C24H27N3O3/c1-2-16-12-17-6-7-18(14-19(17)21(28)13-16)27-10-11-30-22-15-20(25-23(22)27)24(29)26-8-4-3-5-9-26/h6-7,13-15,25H,2-5,8-12H2,1H3. The summed E-state index contributed by atoms with van der Waals surface area (Å²) in [7, 11) is 0. The zero-order valence-corrected chi connectivity index (χ0v) is 17.4. The van der Waals surface area contributed by atoms with Crippen LogP contribution in [0.15, 0.2) is 35.9 Å². The molecular formula is C24H27N3O3. The number of H-pyrrole nitrogens is 1. The van der Waals surface area contributed by atoms with Crippen LogP contribution in [0.4, 0.5) is 11.5 Å². The van der Waals surface area contributed by atoms with E-state index < -0.39 is 0 Å². The molecule has 156 valence electrons. The molecule has 0 radical (unpaired) electrons. The van der Waals surface area contributed by atoms with Crippen LogP contribution in [0, 0.1) is 0 Å². The molecule has 2 aromatic rings. The predicted molar refractivity (Wildman–Crippen MR) is 116 cm³/mol. The van der Waals surface area contributed by atoms with Gasteiger partial charge in [0.05, 0.1) is 6.54 Å². The molecule has 0 spiro atoms. The molecule has 1 aliphatic carbocycles. The maximum Gasteiger partial charge on any atom is 0.270 e. The lowest BCUT2D eigenvalue weighted by Crippen LogP contribution is -2.35. The van der Waals surface area contributed by atoms with Gasteiger partial charge in [0.2, 0.25) is 0 Å². The number of piperidine rings is 1. The van der Waals surface area contributed by atoms with Crippen LogP contribution >= 0.6 is 0 Å². The molecule has 6 nitrogen and oxygen atoms in total. The van der Waals surface area contributed by atoms with Crippen molar-refractivity contribution in [3.8, 4) is 5.75 Å². The molecule has 0 bridgehead atoms. The predicted octanol–water partition coefficient (Wildman–Crippen LogP) is 4.25. The van der Waals surface area contributed by atoms with E-state index in [0.717, 1.165) is 61.4 Å². The first-order chi connectivity index (χ1) is 14.6. The molecule has 1 saturated heterocycles. The largest absolute Gasteiger partial charge is 0.488 e. The number of amides is 1. The van der Waals surface area contributed by atoms with Crippen LogP contribution in [0.5, 0.6) is 5.75 Å². The van der Waals surface area contributed by atoms with Crippen LogP contribution in [0.3, 0.4) is 0 Å². The first kappa shape index (κ1) is 19.0. The van der Waals surface area contributed by atoms with Gasteiger partial charge in [-0.15, -0.1) is 0 Å². The number of fused-ring (bicyclic) bond motifs is 2. The Morgan fingerprint density at radius 1 is 1.13 bits per heavy atom. The fraction of sp³-hybridized carbons (Fsp3) is 0.417. The SMILES string of the molecule is CCC1=CC(=O)c2cc(N3CCOc4cc(C(=O)N5CCCCC5)[nH]c43)ccc2C1. The number of rotatable bonds is 3. The van der Waals surface area contributed by atoms with Crippen molar-refractivity contribution in [1.82, 2.24) is 9.88 Å². The molecular weight excluding hydrogens is 378 g/mol. The molecule has 5 rings (SSSR count). The number of aromatic amines is 1. The van der Waals surface area contributed by atoms with E-state index in [4.69, 9.17) is 4.74 Å². The van der Waals surface area contributed by atoms with Gasteiger partial charge in [0.1, 0.15) is 12.3 Å². The van der Waals surface area contributed by atoms with E-state index in [1.807, 2.05) is 17.0 Å². The van der Waals surface area contributed by atoms with Crippen LogP contribution in [0.1, 0.15) is 59.0 Å². The van der Waals surface area contributed by atoms with Crippen molar-refractivity contribution in [2.75, 3.05) is 31.1 Å². The number of carbonyl (C=O) groups is 2. The van der Waals surface area contributed by atoms with Gasteiger partial charge in [-0.3, -0.25) is 9.59 Å². The number of ether oxygens (including phenoxy) is 1. The number of nitrogens with zero attached hydrogens (tertiary/aromatic N) is 2. The summed E-state index contributed by atoms with van der Waals surface area (Å²) in [6.45, 7) is 4.91. The number of aromatic nitrogens is 1. The second-order valence-electron chi connectivity index (χ2n) is 8.29. The minimum atomic E-state index is 0.0329. The topological polar surface area (TPSA) is 65.6 Å². The number of likely N-dealkylation sites (tertiary alicyclic amines) is 1. The van der Waals surface area contributed by atoms with Crippen LogP contribution in [0.25, 0.3) is 0 Å². The summed E-state index contributed by atoms with van der Waals surface area (Å²) in [6.07, 6.45) is 6.83. The molecule has 0 saturated carbocycles. The number of carbonyl (C=O) groups excluding carboxylic acids is 2. The van der Waals surface area contributed by atoms with Gasteiger partial charge in [-0.25, -0.2) is 0 Å². The van der Waals surface area contributed by atoms with Gasteiger partial charge in [-0.05, 0) is 55.9 Å². The Hall–Kier alpha value is -3.02. The molecule has 6 heteroatoms. The van der Waals surface area contributed by atoms with Gasteiger partial charge in [0.25, 0.3) is 5.91 Å². The first-order valence-electron chi connectivity index (χ1n) is 10.9. The Bertz CT molecular complexity index is 1030. The Morgan fingerprint density at radius 2 is 1.97 bits per heavy atom. The van der Waals surface area contributed by atoms with Crippen molar-refractivity contribution >= 4 is 23.2 Å². The molecule has 2 aliphatic heterocycles. The Kier molecular flexibility index (Phi) is 4.85. The number of benzene rings is 1. The highest BCUT2D eigenvalue weighted by atomic mass is 16.5. The summed E-state index contributed by atoms with van der Waals surface area (Å²) in [6, 6.07) is 7.91. The first-order valence-corrected chi connectivity index (χ1v) is 10.9. The maximum atomic E-state index is 12.9. The van der Waals surface area contributed by atoms with Gasteiger partial charge < -0.3 is 19.5 Å². The summed E-state index contributed by atoms with van der Waals surface area (Å²) < 4.78 is 5.84. The van der Waals surface area contributed by atoms with Crippen molar-refractivity contribution in [2.45, 2.75) is 39.0 Å². The number of ketones is 1. The molecule has 0 unspecified atom stereocenters. The minimum absolute atomic E-state index is 0.0329. The Labute approximate surface area is 176 Å². The van der Waals surface area contributed by atoms with Crippen molar-refractivity contribution in [3.05, 3.63) is 52.7 Å². The highest BCUT2D eigenvalue weighted by Gasteiger charge is 2.28. The van der Waals surface area contributed by atoms with Crippen LogP contribution in [-0.4, -0.2) is 47.8 Å². The molecule has 3 aliphatic rings. The van der Waals surface area contributed by atoms with E-state index in [1.54, 1.807) is 6.08 Å². The fourth-order valence-corrected chi connectivity index (χ4v) is 4.64. The van der Waals surface area contributed by atoms with Crippen LogP contribution < -0.4 is 9.64 Å². The van der Waals surface area contributed by atoms with Gasteiger partial charge in [0, 0.05) is 30.4 Å². The average Bonchev–Trinajstić information content (AvgIpc) is 3.23. The third-order valence-electron chi connectivity index (χ3n) is 6.36. The molecule has 1 N–H and O–H groups in total. The molecule has 3 heterocycles. The zero-order chi connectivity index (χ0) is 20.7. The minimum Gasteiger partial charge on any atom is -0.488 e. The third kappa shape index (κ3) is 3.30. The number of hydrogen-bond acceptors (Lipinski definition) is 4. The van der Waals surface area contributed by atoms with Gasteiger partial charge in [-0.1, -0.05) is 18.6 Å². The number of nitrogens with one attached hydrogen (secondary N) is 1. The smallest absolute Gasteiger partial charge is 0.270 e. The highest BCUT2D eigenvalue weighted by Crippen LogP contribution is 2.38. The number of allylic oxidation sites excluding steroid dienone is 2. The second kappa shape index (κ2) is 7.67. The van der Waals surface area contributed by atoms with Crippen molar-refractivity contribution in [3.63, 3.8) is 0 Å². The van der Waals surface area contributed by atoms with Crippen molar-refractivity contribution in [2.24, 2.45) is 0 Å². The lowest BCUT2D eigenvalue weighted by molar-refractivity contribution is 0.0719. The average molecular weight is 405 g/mol. The quantitative estimate of drug-likeness (QED) is 0.829. The summed E-state index contributed by atoms with van der Waals surface area (Å²) >= 11 is 0. The van der Waals surface area contributed by atoms with Crippen LogP contribution in [0.2, 0.25) is 0 Å². The molecule has 1 aromatic heterocycles.